The van der Waals surface area contributed by atoms with Crippen LogP contribution in [0.15, 0.2) is 97.1 Å². The zero-order valence-electron chi connectivity index (χ0n) is 14.6. The van der Waals surface area contributed by atoms with E-state index in [1.165, 1.54) is 0 Å². The lowest BCUT2D eigenvalue weighted by Gasteiger charge is -2.33. The van der Waals surface area contributed by atoms with Gasteiger partial charge in [0.25, 0.3) is 0 Å². The standard InChI is InChI=1S/C25H18O2/c26-19-14-15-20-22(16-19)25(17-8-3-1-4-9-17,18-10-5-2-6-11-18)21-12-7-13-23(27)24(20)21/h1-16,26-27H. The summed E-state index contributed by atoms with van der Waals surface area (Å²) in [6.07, 6.45) is 0. The lowest BCUT2D eigenvalue weighted by atomic mass is 9.67. The van der Waals surface area contributed by atoms with Crippen LogP contribution < -0.4 is 0 Å². The Kier molecular flexibility index (Phi) is 3.34. The molecule has 0 spiro atoms. The molecule has 2 heteroatoms. The lowest BCUT2D eigenvalue weighted by molar-refractivity contribution is 0.473. The van der Waals surface area contributed by atoms with Crippen molar-refractivity contribution in [1.29, 1.82) is 0 Å². The highest BCUT2D eigenvalue weighted by Crippen LogP contribution is 2.58. The lowest BCUT2D eigenvalue weighted by Crippen LogP contribution is -2.28. The molecule has 4 aromatic carbocycles. The number of fused-ring (bicyclic) bond motifs is 3. The van der Waals surface area contributed by atoms with Gasteiger partial charge in [-0.25, -0.2) is 0 Å². The number of hydrogen-bond donors (Lipinski definition) is 2. The zero-order chi connectivity index (χ0) is 18.4. The molecule has 2 N–H and O–H groups in total. The van der Waals surface area contributed by atoms with Crippen molar-refractivity contribution in [2.45, 2.75) is 5.41 Å². The van der Waals surface area contributed by atoms with Gasteiger partial charge in [-0.1, -0.05) is 78.9 Å². The van der Waals surface area contributed by atoms with E-state index in [2.05, 4.69) is 30.3 Å². The first-order chi connectivity index (χ1) is 13.2. The van der Waals surface area contributed by atoms with Gasteiger partial charge in [0.05, 0.1) is 5.41 Å². The van der Waals surface area contributed by atoms with Gasteiger partial charge in [0.2, 0.25) is 0 Å². The topological polar surface area (TPSA) is 40.5 Å². The third kappa shape index (κ3) is 2.07. The van der Waals surface area contributed by atoms with E-state index >= 15 is 0 Å². The number of hydrogen-bond acceptors (Lipinski definition) is 2. The first-order valence-corrected chi connectivity index (χ1v) is 9.00. The molecule has 130 valence electrons. The highest BCUT2D eigenvalue weighted by molar-refractivity contribution is 5.89. The normalized spacial score (nSPS) is 13.8. The molecule has 0 atom stereocenters. The zero-order valence-corrected chi connectivity index (χ0v) is 14.6. The van der Waals surface area contributed by atoms with Crippen LogP contribution in [0.3, 0.4) is 0 Å². The van der Waals surface area contributed by atoms with E-state index in [0.717, 1.165) is 33.4 Å². The third-order valence-corrected chi connectivity index (χ3v) is 5.54. The van der Waals surface area contributed by atoms with Crippen molar-refractivity contribution in [2.24, 2.45) is 0 Å². The maximum absolute atomic E-state index is 10.7. The van der Waals surface area contributed by atoms with Crippen molar-refractivity contribution in [3.05, 3.63) is 119 Å². The molecule has 0 amide bonds. The summed E-state index contributed by atoms with van der Waals surface area (Å²) >= 11 is 0. The summed E-state index contributed by atoms with van der Waals surface area (Å²) in [5, 5.41) is 21.0. The summed E-state index contributed by atoms with van der Waals surface area (Å²) in [4.78, 5) is 0. The van der Waals surface area contributed by atoms with Crippen LogP contribution in [-0.4, -0.2) is 10.2 Å². The summed E-state index contributed by atoms with van der Waals surface area (Å²) in [6, 6.07) is 31.7. The second kappa shape index (κ2) is 5.75. The first kappa shape index (κ1) is 15.7. The molecular formula is C25H18O2. The second-order valence-electron chi connectivity index (χ2n) is 6.91. The van der Waals surface area contributed by atoms with Gasteiger partial charge in [0, 0.05) is 5.56 Å². The summed E-state index contributed by atoms with van der Waals surface area (Å²) in [7, 11) is 0. The van der Waals surface area contributed by atoms with Crippen molar-refractivity contribution < 1.29 is 10.2 Å². The van der Waals surface area contributed by atoms with Crippen molar-refractivity contribution >= 4 is 0 Å². The van der Waals surface area contributed by atoms with Crippen LogP contribution in [0.1, 0.15) is 22.3 Å². The fourth-order valence-electron chi connectivity index (χ4n) is 4.51. The Morgan fingerprint density at radius 3 is 1.81 bits per heavy atom. The van der Waals surface area contributed by atoms with Crippen molar-refractivity contribution in [3.63, 3.8) is 0 Å². The van der Waals surface area contributed by atoms with Gasteiger partial charge in [-0.2, -0.15) is 0 Å². The number of benzene rings is 4. The van der Waals surface area contributed by atoms with Crippen molar-refractivity contribution in [2.75, 3.05) is 0 Å². The number of rotatable bonds is 2. The SMILES string of the molecule is Oc1ccc2c(c1)C(c1ccccc1)(c1ccccc1)c1cccc(O)c1-2. The van der Waals surface area contributed by atoms with Gasteiger partial charge in [0.15, 0.2) is 0 Å². The molecule has 1 aliphatic carbocycles. The van der Waals surface area contributed by atoms with Crippen LogP contribution in [0.2, 0.25) is 0 Å². The molecule has 0 saturated carbocycles. The van der Waals surface area contributed by atoms with Gasteiger partial charge in [-0.3, -0.25) is 0 Å². The molecule has 0 aromatic heterocycles. The van der Waals surface area contributed by atoms with Crippen molar-refractivity contribution in [1.82, 2.24) is 0 Å². The molecule has 2 nitrogen and oxygen atoms in total. The number of aromatic hydroxyl groups is 2. The summed E-state index contributed by atoms with van der Waals surface area (Å²) in [6.45, 7) is 0. The number of phenols is 2. The number of phenolic OH excluding ortho intramolecular Hbond substituents is 2. The molecular weight excluding hydrogens is 332 g/mol. The first-order valence-electron chi connectivity index (χ1n) is 9.00. The highest BCUT2D eigenvalue weighted by Gasteiger charge is 2.47. The molecule has 4 aromatic rings. The smallest absolute Gasteiger partial charge is 0.123 e. The Morgan fingerprint density at radius 1 is 0.556 bits per heavy atom. The van der Waals surface area contributed by atoms with Gasteiger partial charge < -0.3 is 10.2 Å². The van der Waals surface area contributed by atoms with E-state index in [4.69, 9.17) is 0 Å². The maximum Gasteiger partial charge on any atom is 0.123 e. The van der Waals surface area contributed by atoms with Crippen LogP contribution >= 0.6 is 0 Å². The summed E-state index contributed by atoms with van der Waals surface area (Å²) in [5.74, 6) is 0.477. The van der Waals surface area contributed by atoms with Crippen LogP contribution in [0.25, 0.3) is 11.1 Å². The molecule has 1 aliphatic rings. The predicted molar refractivity (Wildman–Crippen MR) is 107 cm³/mol. The van der Waals surface area contributed by atoms with Gasteiger partial charge >= 0.3 is 0 Å². The fraction of sp³-hybridized carbons (Fsp3) is 0.0400. The average Bonchev–Trinajstić information content (AvgIpc) is 3.01. The molecule has 0 heterocycles. The van der Waals surface area contributed by atoms with Gasteiger partial charge in [-0.15, -0.1) is 0 Å². The summed E-state index contributed by atoms with van der Waals surface area (Å²) < 4.78 is 0. The van der Waals surface area contributed by atoms with Crippen LogP contribution in [-0.2, 0) is 5.41 Å². The van der Waals surface area contributed by atoms with Crippen molar-refractivity contribution in [3.8, 4) is 22.6 Å². The fourth-order valence-corrected chi connectivity index (χ4v) is 4.51. The monoisotopic (exact) mass is 350 g/mol. The van der Waals surface area contributed by atoms with Gasteiger partial charge in [0.1, 0.15) is 11.5 Å². The Hall–Kier alpha value is -3.52. The average molecular weight is 350 g/mol. The molecule has 0 unspecified atom stereocenters. The van der Waals surface area contributed by atoms with Crippen LogP contribution in [0.4, 0.5) is 0 Å². The molecule has 0 saturated heterocycles. The van der Waals surface area contributed by atoms with E-state index in [9.17, 15) is 10.2 Å². The molecule has 5 rings (SSSR count). The largest absolute Gasteiger partial charge is 0.508 e. The molecule has 0 bridgehead atoms. The molecule has 0 fully saturated rings. The molecule has 0 radical (unpaired) electrons. The van der Waals surface area contributed by atoms with Crippen LogP contribution in [0.5, 0.6) is 11.5 Å². The van der Waals surface area contributed by atoms with E-state index in [1.54, 1.807) is 12.1 Å². The Balaban J connectivity index is 2.01. The van der Waals surface area contributed by atoms with Gasteiger partial charge in [-0.05, 0) is 46.0 Å². The highest BCUT2D eigenvalue weighted by atomic mass is 16.3. The van der Waals surface area contributed by atoms with E-state index in [0.29, 0.717) is 0 Å². The van der Waals surface area contributed by atoms with E-state index in [-0.39, 0.29) is 11.5 Å². The third-order valence-electron chi connectivity index (χ3n) is 5.54. The molecule has 27 heavy (non-hydrogen) atoms. The van der Waals surface area contributed by atoms with E-state index in [1.807, 2.05) is 54.6 Å². The van der Waals surface area contributed by atoms with E-state index < -0.39 is 5.41 Å². The minimum absolute atomic E-state index is 0.220. The second-order valence-corrected chi connectivity index (χ2v) is 6.91. The minimum Gasteiger partial charge on any atom is -0.508 e. The minimum atomic E-state index is -0.593. The Labute approximate surface area is 158 Å². The quantitative estimate of drug-likeness (QED) is 0.444. The summed E-state index contributed by atoms with van der Waals surface area (Å²) in [5.41, 5.74) is 5.41. The van der Waals surface area contributed by atoms with Crippen LogP contribution in [0, 0.1) is 0 Å². The maximum atomic E-state index is 10.7. The molecule has 0 aliphatic heterocycles. The Bertz CT molecular complexity index is 1090. The predicted octanol–water partition coefficient (Wildman–Crippen LogP) is 5.46. The Morgan fingerprint density at radius 2 is 1.19 bits per heavy atom.